The van der Waals surface area contributed by atoms with Crippen LogP contribution in [-0.4, -0.2) is 57.9 Å². The minimum Gasteiger partial charge on any atom is -0.497 e. The quantitative estimate of drug-likeness (QED) is 0.688. The van der Waals surface area contributed by atoms with Crippen molar-refractivity contribution in [3.63, 3.8) is 0 Å². The van der Waals surface area contributed by atoms with Crippen LogP contribution in [0.4, 0.5) is 0 Å². The summed E-state index contributed by atoms with van der Waals surface area (Å²) in [4.78, 5) is 14.3. The van der Waals surface area contributed by atoms with Crippen LogP contribution in [0.3, 0.4) is 0 Å². The number of ether oxygens (including phenoxy) is 3. The highest BCUT2D eigenvalue weighted by atomic mass is 16.5. The van der Waals surface area contributed by atoms with Crippen molar-refractivity contribution in [1.82, 2.24) is 4.90 Å². The molecule has 1 heterocycles. The third-order valence-corrected chi connectivity index (χ3v) is 4.27. The molecule has 1 fully saturated rings. The molecule has 1 aromatic carbocycles. The number of carbonyl (C=O) groups excluding carboxylic acids is 1. The smallest absolute Gasteiger partial charge is 0.226 e. The molecule has 0 radical (unpaired) electrons. The van der Waals surface area contributed by atoms with Gasteiger partial charge >= 0.3 is 0 Å². The zero-order chi connectivity index (χ0) is 16.5. The second kappa shape index (κ2) is 9.53. The first-order valence-electron chi connectivity index (χ1n) is 8.20. The number of carbonyl (C=O) groups is 1. The van der Waals surface area contributed by atoms with Crippen molar-refractivity contribution in [2.45, 2.75) is 19.3 Å². The van der Waals surface area contributed by atoms with E-state index >= 15 is 0 Å². The van der Waals surface area contributed by atoms with E-state index in [1.807, 2.05) is 29.2 Å². The Balaban J connectivity index is 1.70. The Morgan fingerprint density at radius 2 is 1.83 bits per heavy atom. The third-order valence-electron chi connectivity index (χ3n) is 4.27. The van der Waals surface area contributed by atoms with Crippen LogP contribution < -0.4 is 4.74 Å². The van der Waals surface area contributed by atoms with Gasteiger partial charge in [-0.1, -0.05) is 12.1 Å². The Kier molecular flexibility index (Phi) is 7.36. The number of amides is 1. The van der Waals surface area contributed by atoms with E-state index in [2.05, 4.69) is 0 Å². The lowest BCUT2D eigenvalue weighted by Crippen LogP contribution is -2.40. The lowest BCUT2D eigenvalue weighted by atomic mass is 9.97. The zero-order valence-corrected chi connectivity index (χ0v) is 14.1. The van der Waals surface area contributed by atoms with Crippen LogP contribution in [0.5, 0.6) is 5.75 Å². The largest absolute Gasteiger partial charge is 0.497 e. The van der Waals surface area contributed by atoms with Crippen molar-refractivity contribution in [2.24, 2.45) is 5.92 Å². The average Bonchev–Trinajstić information content (AvgIpc) is 2.60. The van der Waals surface area contributed by atoms with Gasteiger partial charge in [0.25, 0.3) is 0 Å². The summed E-state index contributed by atoms with van der Waals surface area (Å²) in [5.74, 6) is 1.57. The molecule has 1 aromatic rings. The molecule has 0 N–H and O–H groups in total. The van der Waals surface area contributed by atoms with E-state index in [-0.39, 0.29) is 5.91 Å². The van der Waals surface area contributed by atoms with Crippen LogP contribution in [0, 0.1) is 5.92 Å². The van der Waals surface area contributed by atoms with E-state index in [1.54, 1.807) is 14.2 Å². The van der Waals surface area contributed by atoms with Gasteiger partial charge in [-0.25, -0.2) is 0 Å². The Bertz CT molecular complexity index is 466. The first-order valence-corrected chi connectivity index (χ1v) is 8.20. The van der Waals surface area contributed by atoms with E-state index in [0.717, 1.165) is 43.9 Å². The predicted octanol–water partition coefficient (Wildman–Crippen LogP) is 2.14. The first-order chi connectivity index (χ1) is 11.2. The van der Waals surface area contributed by atoms with Crippen LogP contribution in [0.2, 0.25) is 0 Å². The second-order valence-electron chi connectivity index (χ2n) is 5.92. The van der Waals surface area contributed by atoms with Gasteiger partial charge in [-0.05, 0) is 36.5 Å². The molecule has 1 saturated heterocycles. The Morgan fingerprint density at radius 3 is 2.43 bits per heavy atom. The third kappa shape index (κ3) is 5.84. The van der Waals surface area contributed by atoms with E-state index in [4.69, 9.17) is 14.2 Å². The fraction of sp³-hybridized carbons (Fsp3) is 0.611. The molecule has 0 bridgehead atoms. The lowest BCUT2D eigenvalue weighted by Gasteiger charge is -2.32. The van der Waals surface area contributed by atoms with Gasteiger partial charge in [0.1, 0.15) is 5.75 Å². The SMILES string of the molecule is COCCOCC1CCN(C(=O)Cc2ccc(OC)cc2)CC1. The van der Waals surface area contributed by atoms with Gasteiger partial charge in [0, 0.05) is 26.8 Å². The number of benzene rings is 1. The molecule has 0 atom stereocenters. The fourth-order valence-corrected chi connectivity index (χ4v) is 2.77. The minimum atomic E-state index is 0.203. The molecular weight excluding hydrogens is 294 g/mol. The molecule has 2 rings (SSSR count). The number of rotatable bonds is 8. The summed E-state index contributed by atoms with van der Waals surface area (Å²) in [6.45, 7) is 3.71. The zero-order valence-electron chi connectivity index (χ0n) is 14.1. The molecular formula is C18H27NO4. The van der Waals surface area contributed by atoms with Crippen LogP contribution in [0.1, 0.15) is 18.4 Å². The van der Waals surface area contributed by atoms with Crippen LogP contribution in [0.15, 0.2) is 24.3 Å². The van der Waals surface area contributed by atoms with Crippen LogP contribution in [0.25, 0.3) is 0 Å². The molecule has 0 saturated carbocycles. The fourth-order valence-electron chi connectivity index (χ4n) is 2.77. The van der Waals surface area contributed by atoms with Gasteiger partial charge in [0.2, 0.25) is 5.91 Å². The van der Waals surface area contributed by atoms with E-state index in [9.17, 15) is 4.79 Å². The summed E-state index contributed by atoms with van der Waals surface area (Å²) in [6, 6.07) is 7.69. The average molecular weight is 321 g/mol. The minimum absolute atomic E-state index is 0.203. The van der Waals surface area contributed by atoms with Crippen LogP contribution >= 0.6 is 0 Å². The molecule has 1 aliphatic rings. The van der Waals surface area contributed by atoms with Gasteiger partial charge in [0.05, 0.1) is 26.7 Å². The molecule has 5 heteroatoms. The van der Waals surface area contributed by atoms with Crippen molar-refractivity contribution >= 4 is 5.91 Å². The summed E-state index contributed by atoms with van der Waals surface area (Å²) in [5, 5.41) is 0. The van der Waals surface area contributed by atoms with Crippen molar-refractivity contribution in [2.75, 3.05) is 47.1 Å². The number of nitrogens with zero attached hydrogens (tertiary/aromatic N) is 1. The number of piperidine rings is 1. The maximum atomic E-state index is 12.4. The predicted molar refractivity (Wildman–Crippen MR) is 88.7 cm³/mol. The highest BCUT2D eigenvalue weighted by Gasteiger charge is 2.22. The van der Waals surface area contributed by atoms with Crippen molar-refractivity contribution in [1.29, 1.82) is 0 Å². The molecule has 128 valence electrons. The highest BCUT2D eigenvalue weighted by Crippen LogP contribution is 2.19. The van der Waals surface area contributed by atoms with Crippen molar-refractivity contribution in [3.8, 4) is 5.75 Å². The van der Waals surface area contributed by atoms with Crippen molar-refractivity contribution < 1.29 is 19.0 Å². The Hall–Kier alpha value is -1.59. The normalized spacial score (nSPS) is 15.7. The van der Waals surface area contributed by atoms with E-state index < -0.39 is 0 Å². The summed E-state index contributed by atoms with van der Waals surface area (Å²) >= 11 is 0. The molecule has 1 aliphatic heterocycles. The summed E-state index contributed by atoms with van der Waals surface area (Å²) in [7, 11) is 3.32. The summed E-state index contributed by atoms with van der Waals surface area (Å²) in [6.07, 6.45) is 2.49. The summed E-state index contributed by atoms with van der Waals surface area (Å²) < 4.78 is 15.7. The van der Waals surface area contributed by atoms with E-state index in [1.165, 1.54) is 0 Å². The standard InChI is InChI=1S/C18H27NO4/c1-21-11-12-23-14-16-7-9-19(10-8-16)18(20)13-15-3-5-17(22-2)6-4-15/h3-6,16H,7-14H2,1-2H3. The maximum Gasteiger partial charge on any atom is 0.226 e. The number of hydrogen-bond donors (Lipinski definition) is 0. The monoisotopic (exact) mass is 321 g/mol. The number of likely N-dealkylation sites (tertiary alicyclic amines) is 1. The Labute approximate surface area is 138 Å². The second-order valence-corrected chi connectivity index (χ2v) is 5.92. The highest BCUT2D eigenvalue weighted by molar-refractivity contribution is 5.78. The molecule has 1 amide bonds. The molecule has 0 unspecified atom stereocenters. The lowest BCUT2D eigenvalue weighted by molar-refractivity contribution is -0.132. The van der Waals surface area contributed by atoms with Gasteiger partial charge in [0.15, 0.2) is 0 Å². The van der Waals surface area contributed by atoms with E-state index in [0.29, 0.717) is 25.6 Å². The molecule has 0 aromatic heterocycles. The molecule has 0 spiro atoms. The van der Waals surface area contributed by atoms with Crippen molar-refractivity contribution in [3.05, 3.63) is 29.8 Å². The molecule has 0 aliphatic carbocycles. The number of methoxy groups -OCH3 is 2. The molecule has 23 heavy (non-hydrogen) atoms. The Morgan fingerprint density at radius 1 is 1.13 bits per heavy atom. The summed E-state index contributed by atoms with van der Waals surface area (Å²) in [5.41, 5.74) is 1.03. The van der Waals surface area contributed by atoms with Crippen LogP contribution in [-0.2, 0) is 20.7 Å². The number of hydrogen-bond acceptors (Lipinski definition) is 4. The first kappa shape index (κ1) is 17.8. The van der Waals surface area contributed by atoms with Gasteiger partial charge in [-0.15, -0.1) is 0 Å². The van der Waals surface area contributed by atoms with Gasteiger partial charge in [-0.3, -0.25) is 4.79 Å². The topological polar surface area (TPSA) is 48.0 Å². The maximum absolute atomic E-state index is 12.4. The molecule has 5 nitrogen and oxygen atoms in total. The van der Waals surface area contributed by atoms with Gasteiger partial charge in [-0.2, -0.15) is 0 Å². The van der Waals surface area contributed by atoms with Gasteiger partial charge < -0.3 is 19.1 Å².